The average Bonchev–Trinajstić information content (AvgIpc) is 2.89. The number of carbonyl (C=O) groups excluding carboxylic acids is 1. The van der Waals surface area contributed by atoms with E-state index in [0.717, 1.165) is 25.7 Å². The second-order valence-electron chi connectivity index (χ2n) is 5.55. The highest BCUT2D eigenvalue weighted by atomic mass is 16.1. The van der Waals surface area contributed by atoms with E-state index in [1.54, 1.807) is 0 Å². The molecule has 1 aromatic rings. The van der Waals surface area contributed by atoms with Crippen LogP contribution in [0.5, 0.6) is 0 Å². The van der Waals surface area contributed by atoms with E-state index >= 15 is 0 Å². The third-order valence-electron chi connectivity index (χ3n) is 3.63. The molecule has 0 spiro atoms. The summed E-state index contributed by atoms with van der Waals surface area (Å²) in [6.45, 7) is 4.37. The molecule has 1 fully saturated rings. The second kappa shape index (κ2) is 4.40. The Morgan fingerprint density at radius 1 is 1.31 bits per heavy atom. The summed E-state index contributed by atoms with van der Waals surface area (Å²) in [7, 11) is 0. The van der Waals surface area contributed by atoms with Gasteiger partial charge in [-0.05, 0) is 30.2 Å². The fourth-order valence-electron chi connectivity index (χ4n) is 2.30. The first-order valence-electron chi connectivity index (χ1n) is 6.16. The molecule has 0 amide bonds. The predicted molar refractivity (Wildman–Crippen MR) is 66.3 cm³/mol. The van der Waals surface area contributed by atoms with Crippen molar-refractivity contribution >= 4 is 5.78 Å². The molecular formula is C15H20O. The third kappa shape index (κ3) is 2.72. The van der Waals surface area contributed by atoms with Crippen LogP contribution in [0, 0.1) is 11.3 Å². The lowest BCUT2D eigenvalue weighted by Gasteiger charge is -2.03. The minimum atomic E-state index is 0.295. The van der Waals surface area contributed by atoms with Crippen LogP contribution in [-0.4, -0.2) is 5.78 Å². The zero-order chi connectivity index (χ0) is 11.6. The first kappa shape index (κ1) is 11.4. The molecule has 1 atom stereocenters. The van der Waals surface area contributed by atoms with E-state index in [-0.39, 0.29) is 0 Å². The van der Waals surface area contributed by atoms with Crippen LogP contribution in [-0.2, 0) is 11.2 Å². The molecule has 0 radical (unpaired) electrons. The van der Waals surface area contributed by atoms with Gasteiger partial charge in [0.05, 0.1) is 0 Å². The second-order valence-corrected chi connectivity index (χ2v) is 5.55. The predicted octanol–water partition coefficient (Wildman–Crippen LogP) is 3.62. The zero-order valence-corrected chi connectivity index (χ0v) is 10.2. The largest absolute Gasteiger partial charge is 0.299 e. The molecule has 2 rings (SSSR count). The first-order valence-corrected chi connectivity index (χ1v) is 6.16. The Hall–Kier alpha value is -1.11. The minimum absolute atomic E-state index is 0.295. The maximum atomic E-state index is 11.8. The maximum absolute atomic E-state index is 11.8. The van der Waals surface area contributed by atoms with E-state index < -0.39 is 0 Å². The summed E-state index contributed by atoms with van der Waals surface area (Å²) in [6, 6.07) is 10.4. The van der Waals surface area contributed by atoms with Gasteiger partial charge in [-0.1, -0.05) is 44.2 Å². The third-order valence-corrected chi connectivity index (χ3v) is 3.63. The lowest BCUT2D eigenvalue weighted by Crippen LogP contribution is -2.06. The molecule has 1 aromatic carbocycles. The number of rotatable bonds is 5. The molecule has 0 aromatic heterocycles. The lowest BCUT2D eigenvalue weighted by molar-refractivity contribution is -0.121. The molecule has 1 nitrogen and oxygen atoms in total. The van der Waals surface area contributed by atoms with Crippen molar-refractivity contribution in [3.05, 3.63) is 35.9 Å². The Bertz CT molecular complexity index is 364. The van der Waals surface area contributed by atoms with Crippen LogP contribution >= 0.6 is 0 Å². The summed E-state index contributed by atoms with van der Waals surface area (Å²) in [6.07, 6.45) is 3.87. The fraction of sp³-hybridized carbons (Fsp3) is 0.533. The van der Waals surface area contributed by atoms with Crippen molar-refractivity contribution in [1.29, 1.82) is 0 Å². The summed E-state index contributed by atoms with van der Waals surface area (Å²) in [5.41, 5.74) is 1.63. The smallest absolute Gasteiger partial charge is 0.136 e. The number of carbonyl (C=O) groups is 1. The van der Waals surface area contributed by atoms with Crippen molar-refractivity contribution < 1.29 is 4.79 Å². The van der Waals surface area contributed by atoms with Crippen molar-refractivity contribution in [3.8, 4) is 0 Å². The molecule has 0 saturated heterocycles. The monoisotopic (exact) mass is 216 g/mol. The molecular weight excluding hydrogens is 196 g/mol. The van der Waals surface area contributed by atoms with Crippen LogP contribution < -0.4 is 0 Å². The van der Waals surface area contributed by atoms with Crippen molar-refractivity contribution in [3.63, 3.8) is 0 Å². The van der Waals surface area contributed by atoms with Crippen molar-refractivity contribution in [1.82, 2.24) is 0 Å². The normalized spacial score (nSPS) is 21.8. The van der Waals surface area contributed by atoms with Gasteiger partial charge in [-0.25, -0.2) is 0 Å². The standard InChI is InChI=1S/C15H20O/c1-15(2)11-13(15)14(16)10-6-9-12-7-4-3-5-8-12/h3-5,7-8,13H,6,9-11H2,1-2H3. The molecule has 1 saturated carbocycles. The zero-order valence-electron chi connectivity index (χ0n) is 10.2. The summed E-state index contributed by atoms with van der Waals surface area (Å²) in [5.74, 6) is 0.823. The van der Waals surface area contributed by atoms with Gasteiger partial charge < -0.3 is 0 Å². The van der Waals surface area contributed by atoms with Gasteiger partial charge in [-0.15, -0.1) is 0 Å². The minimum Gasteiger partial charge on any atom is -0.299 e. The number of benzene rings is 1. The van der Waals surface area contributed by atoms with Gasteiger partial charge in [0.1, 0.15) is 5.78 Å². The van der Waals surface area contributed by atoms with Crippen LogP contribution in [0.15, 0.2) is 30.3 Å². The molecule has 0 bridgehead atoms. The van der Waals surface area contributed by atoms with E-state index in [0.29, 0.717) is 17.1 Å². The van der Waals surface area contributed by atoms with Crippen molar-refractivity contribution in [2.24, 2.45) is 11.3 Å². The molecule has 86 valence electrons. The molecule has 0 N–H and O–H groups in total. The van der Waals surface area contributed by atoms with Crippen LogP contribution in [0.2, 0.25) is 0 Å². The van der Waals surface area contributed by atoms with Gasteiger partial charge in [-0.2, -0.15) is 0 Å². The molecule has 1 aliphatic rings. The van der Waals surface area contributed by atoms with Gasteiger partial charge in [0, 0.05) is 12.3 Å². The van der Waals surface area contributed by atoms with E-state index in [4.69, 9.17) is 0 Å². The molecule has 1 unspecified atom stereocenters. The van der Waals surface area contributed by atoms with Gasteiger partial charge in [0.2, 0.25) is 0 Å². The highest BCUT2D eigenvalue weighted by molar-refractivity contribution is 5.84. The quantitative estimate of drug-likeness (QED) is 0.734. The van der Waals surface area contributed by atoms with E-state index in [9.17, 15) is 4.79 Å². The Labute approximate surface area is 97.9 Å². The summed E-state index contributed by atoms with van der Waals surface area (Å²) in [4.78, 5) is 11.8. The van der Waals surface area contributed by atoms with Gasteiger partial charge in [0.15, 0.2) is 0 Å². The topological polar surface area (TPSA) is 17.1 Å². The SMILES string of the molecule is CC1(C)CC1C(=O)CCCc1ccccc1. The lowest BCUT2D eigenvalue weighted by atomic mass is 10.0. The van der Waals surface area contributed by atoms with Gasteiger partial charge in [-0.3, -0.25) is 4.79 Å². The Balaban J connectivity index is 1.71. The molecule has 1 heteroatoms. The van der Waals surface area contributed by atoms with Crippen LogP contribution in [0.1, 0.15) is 38.7 Å². The number of Topliss-reactive ketones (excluding diaryl/α,β-unsaturated/α-hetero) is 1. The highest BCUT2D eigenvalue weighted by Crippen LogP contribution is 2.52. The fourth-order valence-corrected chi connectivity index (χ4v) is 2.30. The van der Waals surface area contributed by atoms with Crippen molar-refractivity contribution in [2.75, 3.05) is 0 Å². The Morgan fingerprint density at radius 2 is 1.94 bits per heavy atom. The van der Waals surface area contributed by atoms with E-state index in [1.807, 2.05) is 6.07 Å². The summed E-state index contributed by atoms with van der Waals surface area (Å²) < 4.78 is 0. The highest BCUT2D eigenvalue weighted by Gasteiger charge is 2.49. The first-order chi connectivity index (χ1) is 7.59. The van der Waals surface area contributed by atoms with E-state index in [2.05, 4.69) is 38.1 Å². The average molecular weight is 216 g/mol. The summed E-state index contributed by atoms with van der Waals surface area (Å²) in [5, 5.41) is 0. The molecule has 0 heterocycles. The Morgan fingerprint density at radius 3 is 2.50 bits per heavy atom. The number of aryl methyl sites for hydroxylation is 1. The van der Waals surface area contributed by atoms with Crippen LogP contribution in [0.25, 0.3) is 0 Å². The number of hydrogen-bond donors (Lipinski definition) is 0. The van der Waals surface area contributed by atoms with Crippen molar-refractivity contribution in [2.45, 2.75) is 39.5 Å². The number of hydrogen-bond acceptors (Lipinski definition) is 1. The molecule has 0 aliphatic heterocycles. The van der Waals surface area contributed by atoms with E-state index in [1.165, 1.54) is 5.56 Å². The van der Waals surface area contributed by atoms with Crippen LogP contribution in [0.3, 0.4) is 0 Å². The van der Waals surface area contributed by atoms with Gasteiger partial charge >= 0.3 is 0 Å². The molecule has 16 heavy (non-hydrogen) atoms. The number of ketones is 1. The maximum Gasteiger partial charge on any atom is 0.136 e. The van der Waals surface area contributed by atoms with Gasteiger partial charge in [0.25, 0.3) is 0 Å². The Kier molecular flexibility index (Phi) is 3.13. The van der Waals surface area contributed by atoms with Crippen LogP contribution in [0.4, 0.5) is 0 Å². The molecule has 1 aliphatic carbocycles. The summed E-state index contributed by atoms with van der Waals surface area (Å²) >= 11 is 0.